The molecular formula is C23H34ClN3O. The number of fused-ring (bicyclic) bond motifs is 2. The molecule has 2 aliphatic heterocycles. The van der Waals surface area contributed by atoms with Crippen molar-refractivity contribution >= 4 is 18.3 Å². The molecule has 2 aliphatic carbocycles. The molecule has 4 fully saturated rings. The van der Waals surface area contributed by atoms with Crippen molar-refractivity contribution in [3.63, 3.8) is 0 Å². The van der Waals surface area contributed by atoms with Gasteiger partial charge < -0.3 is 10.2 Å². The van der Waals surface area contributed by atoms with E-state index in [9.17, 15) is 4.79 Å². The average molecular weight is 404 g/mol. The number of halogens is 1. The predicted octanol–water partition coefficient (Wildman–Crippen LogP) is 2.96. The van der Waals surface area contributed by atoms with Gasteiger partial charge in [0.25, 0.3) is 0 Å². The highest BCUT2D eigenvalue weighted by atomic mass is 35.5. The van der Waals surface area contributed by atoms with Crippen LogP contribution in [0.3, 0.4) is 0 Å². The van der Waals surface area contributed by atoms with Gasteiger partial charge in [-0.15, -0.1) is 12.4 Å². The summed E-state index contributed by atoms with van der Waals surface area (Å²) in [5.74, 6) is 1.87. The van der Waals surface area contributed by atoms with Crippen molar-refractivity contribution in [2.45, 2.75) is 44.6 Å². The van der Waals surface area contributed by atoms with Gasteiger partial charge in [-0.2, -0.15) is 0 Å². The summed E-state index contributed by atoms with van der Waals surface area (Å²) < 4.78 is 0. The molecule has 1 aromatic carbocycles. The number of carbonyl (C=O) groups is 1. The van der Waals surface area contributed by atoms with Crippen LogP contribution in [0, 0.1) is 17.3 Å². The fourth-order valence-corrected chi connectivity index (χ4v) is 6.54. The van der Waals surface area contributed by atoms with Crippen molar-refractivity contribution < 1.29 is 4.79 Å². The van der Waals surface area contributed by atoms with Crippen LogP contribution in [0.2, 0.25) is 0 Å². The Hall–Kier alpha value is -1.10. The van der Waals surface area contributed by atoms with E-state index in [0.717, 1.165) is 64.4 Å². The van der Waals surface area contributed by atoms with Crippen molar-refractivity contribution in [3.8, 4) is 0 Å². The molecule has 28 heavy (non-hydrogen) atoms. The number of likely N-dealkylation sites (tertiary alicyclic amines) is 1. The van der Waals surface area contributed by atoms with E-state index in [-0.39, 0.29) is 17.8 Å². The van der Waals surface area contributed by atoms with Crippen molar-refractivity contribution in [2.75, 3.05) is 39.3 Å². The highest BCUT2D eigenvalue weighted by Gasteiger charge is 2.56. The van der Waals surface area contributed by atoms with E-state index >= 15 is 0 Å². The standard InChI is InChI=1S/C23H33N3O.ClH/c27-22(26-11-8-21(17-26)25-12-9-24-10-13-25)23(15-18-4-2-1-3-5-18)16-19-6-7-20(23)14-19;/h1-5,19-21,24H,6-17H2;1H. The number of amides is 1. The molecule has 1 aromatic rings. The van der Waals surface area contributed by atoms with Gasteiger partial charge in [-0.1, -0.05) is 36.8 Å². The largest absolute Gasteiger partial charge is 0.341 e. The zero-order chi connectivity index (χ0) is 18.3. The lowest BCUT2D eigenvalue weighted by molar-refractivity contribution is -0.144. The normalized spacial score (nSPS) is 35.1. The average Bonchev–Trinajstić information content (AvgIpc) is 3.45. The van der Waals surface area contributed by atoms with E-state index in [4.69, 9.17) is 0 Å². The van der Waals surface area contributed by atoms with Crippen LogP contribution >= 0.6 is 12.4 Å². The number of hydrogen-bond acceptors (Lipinski definition) is 3. The van der Waals surface area contributed by atoms with Crippen LogP contribution in [0.15, 0.2) is 30.3 Å². The van der Waals surface area contributed by atoms with E-state index in [1.807, 2.05) is 0 Å². The van der Waals surface area contributed by atoms with Gasteiger partial charge in [0.15, 0.2) is 0 Å². The van der Waals surface area contributed by atoms with Gasteiger partial charge in [0.1, 0.15) is 0 Å². The predicted molar refractivity (Wildman–Crippen MR) is 115 cm³/mol. The number of piperazine rings is 1. The van der Waals surface area contributed by atoms with Gasteiger partial charge in [0.2, 0.25) is 5.91 Å². The number of nitrogens with zero attached hydrogens (tertiary/aromatic N) is 2. The lowest BCUT2D eigenvalue weighted by atomic mass is 9.68. The van der Waals surface area contributed by atoms with E-state index < -0.39 is 0 Å². The molecule has 1 amide bonds. The molecule has 5 rings (SSSR count). The minimum Gasteiger partial charge on any atom is -0.341 e. The van der Waals surface area contributed by atoms with Crippen LogP contribution in [0.25, 0.3) is 0 Å². The SMILES string of the molecule is Cl.O=C(N1CCC(N2CCNCC2)C1)C1(Cc2ccccc2)CC2CCC1C2. The van der Waals surface area contributed by atoms with Gasteiger partial charge >= 0.3 is 0 Å². The molecule has 2 saturated carbocycles. The lowest BCUT2D eigenvalue weighted by Crippen LogP contribution is -2.51. The molecule has 2 bridgehead atoms. The molecule has 4 nitrogen and oxygen atoms in total. The van der Waals surface area contributed by atoms with Crippen LogP contribution in [-0.2, 0) is 11.2 Å². The lowest BCUT2D eigenvalue weighted by Gasteiger charge is -2.40. The molecule has 0 aromatic heterocycles. The first-order valence-electron chi connectivity index (χ1n) is 11.0. The molecule has 0 spiro atoms. The molecule has 4 unspecified atom stereocenters. The quantitative estimate of drug-likeness (QED) is 0.839. The Balaban J connectivity index is 0.00000192. The molecule has 4 aliphatic rings. The van der Waals surface area contributed by atoms with Crippen LogP contribution in [0.1, 0.15) is 37.7 Å². The number of nitrogens with one attached hydrogen (secondary N) is 1. The molecule has 2 saturated heterocycles. The zero-order valence-corrected chi connectivity index (χ0v) is 17.6. The summed E-state index contributed by atoms with van der Waals surface area (Å²) >= 11 is 0. The summed E-state index contributed by atoms with van der Waals surface area (Å²) in [6, 6.07) is 11.3. The molecular weight excluding hydrogens is 370 g/mol. The second kappa shape index (κ2) is 8.33. The Kier molecular flexibility index (Phi) is 6.01. The molecule has 1 N–H and O–H groups in total. The minimum atomic E-state index is -0.122. The smallest absolute Gasteiger partial charge is 0.229 e. The third-order valence-electron chi connectivity index (χ3n) is 7.88. The van der Waals surface area contributed by atoms with E-state index in [1.54, 1.807) is 0 Å². The number of rotatable bonds is 4. The number of carbonyl (C=O) groups excluding carboxylic acids is 1. The van der Waals surface area contributed by atoms with Gasteiger partial charge in [-0.3, -0.25) is 9.69 Å². The summed E-state index contributed by atoms with van der Waals surface area (Å²) in [4.78, 5) is 18.7. The minimum absolute atomic E-state index is 0. The first kappa shape index (κ1) is 20.2. The van der Waals surface area contributed by atoms with Crippen LogP contribution in [-0.4, -0.2) is 61.0 Å². The van der Waals surface area contributed by atoms with Crippen LogP contribution < -0.4 is 5.32 Å². The van der Waals surface area contributed by atoms with Gasteiger partial charge in [-0.25, -0.2) is 0 Å². The van der Waals surface area contributed by atoms with E-state index in [1.165, 1.54) is 24.8 Å². The second-order valence-electron chi connectivity index (χ2n) is 9.38. The molecule has 5 heteroatoms. The van der Waals surface area contributed by atoms with Crippen molar-refractivity contribution in [3.05, 3.63) is 35.9 Å². The van der Waals surface area contributed by atoms with E-state index in [0.29, 0.717) is 17.9 Å². The maximum absolute atomic E-state index is 13.9. The van der Waals surface area contributed by atoms with Crippen molar-refractivity contribution in [2.24, 2.45) is 17.3 Å². The van der Waals surface area contributed by atoms with Gasteiger partial charge in [0, 0.05) is 45.3 Å². The Morgan fingerprint density at radius 1 is 1.07 bits per heavy atom. The maximum atomic E-state index is 13.9. The summed E-state index contributed by atoms with van der Waals surface area (Å²) in [6.45, 7) is 6.35. The Morgan fingerprint density at radius 3 is 2.54 bits per heavy atom. The molecule has 2 heterocycles. The molecule has 0 radical (unpaired) electrons. The number of hydrogen-bond donors (Lipinski definition) is 1. The first-order valence-corrected chi connectivity index (χ1v) is 11.0. The van der Waals surface area contributed by atoms with Crippen LogP contribution in [0.4, 0.5) is 0 Å². The fourth-order valence-electron chi connectivity index (χ4n) is 6.54. The Bertz CT molecular complexity index is 678. The summed E-state index contributed by atoms with van der Waals surface area (Å²) in [7, 11) is 0. The summed E-state index contributed by atoms with van der Waals surface area (Å²) in [5, 5.41) is 3.45. The fraction of sp³-hybridized carbons (Fsp3) is 0.696. The first-order chi connectivity index (χ1) is 13.2. The highest BCUT2D eigenvalue weighted by Crippen LogP contribution is 2.58. The van der Waals surface area contributed by atoms with Gasteiger partial charge in [-0.05, 0) is 49.5 Å². The molecule has 4 atom stereocenters. The topological polar surface area (TPSA) is 35.6 Å². The number of benzene rings is 1. The third-order valence-corrected chi connectivity index (χ3v) is 7.88. The zero-order valence-electron chi connectivity index (χ0n) is 16.8. The third kappa shape index (κ3) is 3.59. The van der Waals surface area contributed by atoms with E-state index in [2.05, 4.69) is 45.4 Å². The maximum Gasteiger partial charge on any atom is 0.229 e. The van der Waals surface area contributed by atoms with Crippen LogP contribution in [0.5, 0.6) is 0 Å². The summed E-state index contributed by atoms with van der Waals surface area (Å²) in [5.41, 5.74) is 1.22. The monoisotopic (exact) mass is 403 g/mol. The summed E-state index contributed by atoms with van der Waals surface area (Å²) in [6.07, 6.45) is 7.12. The highest BCUT2D eigenvalue weighted by molar-refractivity contribution is 5.85. The molecule has 154 valence electrons. The van der Waals surface area contributed by atoms with Crippen molar-refractivity contribution in [1.29, 1.82) is 0 Å². The Labute approximate surface area is 175 Å². The Morgan fingerprint density at radius 2 is 1.86 bits per heavy atom. The second-order valence-corrected chi connectivity index (χ2v) is 9.38. The van der Waals surface area contributed by atoms with Gasteiger partial charge in [0.05, 0.1) is 5.41 Å². The van der Waals surface area contributed by atoms with Crippen molar-refractivity contribution in [1.82, 2.24) is 15.1 Å².